The summed E-state index contributed by atoms with van der Waals surface area (Å²) in [5.74, 6) is 1.47. The highest BCUT2D eigenvalue weighted by molar-refractivity contribution is 5.66. The lowest BCUT2D eigenvalue weighted by atomic mass is 10.0. The van der Waals surface area contributed by atoms with Crippen molar-refractivity contribution in [1.82, 2.24) is 4.98 Å². The Morgan fingerprint density at radius 1 is 1.33 bits per heavy atom. The maximum atomic E-state index is 6.02. The number of anilines is 2. The summed E-state index contributed by atoms with van der Waals surface area (Å²) in [6, 6.07) is 2.37. The Morgan fingerprint density at radius 2 is 1.93 bits per heavy atom. The molecule has 0 aliphatic rings. The SMILES string of the molecule is Cc1ccnc(N(C)C(C)C(C)C)c1N. The largest absolute Gasteiger partial charge is 0.396 e. The smallest absolute Gasteiger partial charge is 0.152 e. The number of nitrogens with two attached hydrogens (primary N) is 1. The van der Waals surface area contributed by atoms with Crippen molar-refractivity contribution >= 4 is 11.5 Å². The fourth-order valence-corrected chi connectivity index (χ4v) is 1.48. The number of aryl methyl sites for hydroxylation is 1. The molecule has 0 amide bonds. The zero-order valence-corrected chi connectivity index (χ0v) is 10.3. The van der Waals surface area contributed by atoms with Gasteiger partial charge in [-0.3, -0.25) is 0 Å². The van der Waals surface area contributed by atoms with Crippen LogP contribution in [-0.2, 0) is 0 Å². The van der Waals surface area contributed by atoms with Crippen LogP contribution in [0.2, 0.25) is 0 Å². The summed E-state index contributed by atoms with van der Waals surface area (Å²) in [4.78, 5) is 6.49. The fraction of sp³-hybridized carbons (Fsp3) is 0.583. The van der Waals surface area contributed by atoms with Crippen molar-refractivity contribution in [2.24, 2.45) is 5.92 Å². The van der Waals surface area contributed by atoms with Crippen LogP contribution in [0.25, 0.3) is 0 Å². The number of hydrogen-bond donors (Lipinski definition) is 1. The quantitative estimate of drug-likeness (QED) is 0.827. The van der Waals surface area contributed by atoms with Gasteiger partial charge >= 0.3 is 0 Å². The van der Waals surface area contributed by atoms with Crippen LogP contribution in [0.5, 0.6) is 0 Å². The molecular weight excluding hydrogens is 186 g/mol. The minimum Gasteiger partial charge on any atom is -0.396 e. The molecule has 0 saturated heterocycles. The summed E-state index contributed by atoms with van der Waals surface area (Å²) in [5.41, 5.74) is 7.89. The van der Waals surface area contributed by atoms with Gasteiger partial charge in [-0.15, -0.1) is 0 Å². The zero-order chi connectivity index (χ0) is 11.6. The highest BCUT2D eigenvalue weighted by Gasteiger charge is 2.17. The van der Waals surface area contributed by atoms with Gasteiger partial charge in [0.15, 0.2) is 5.82 Å². The molecule has 1 aromatic rings. The normalized spacial score (nSPS) is 12.9. The maximum Gasteiger partial charge on any atom is 0.152 e. The summed E-state index contributed by atoms with van der Waals surface area (Å²) >= 11 is 0. The van der Waals surface area contributed by atoms with Gasteiger partial charge in [0, 0.05) is 19.3 Å². The van der Waals surface area contributed by atoms with Gasteiger partial charge in [0.2, 0.25) is 0 Å². The van der Waals surface area contributed by atoms with E-state index in [1.54, 1.807) is 0 Å². The molecule has 84 valence electrons. The predicted octanol–water partition coefficient (Wildman–Crippen LogP) is 2.45. The van der Waals surface area contributed by atoms with Gasteiger partial charge in [-0.25, -0.2) is 4.98 Å². The molecule has 0 saturated carbocycles. The minimum absolute atomic E-state index is 0.432. The van der Waals surface area contributed by atoms with E-state index < -0.39 is 0 Å². The highest BCUT2D eigenvalue weighted by atomic mass is 15.2. The Balaban J connectivity index is 3.01. The van der Waals surface area contributed by atoms with E-state index in [4.69, 9.17) is 5.73 Å². The monoisotopic (exact) mass is 207 g/mol. The van der Waals surface area contributed by atoms with Crippen LogP contribution in [0.4, 0.5) is 11.5 Å². The molecule has 3 heteroatoms. The molecule has 0 bridgehead atoms. The number of nitrogen functional groups attached to an aromatic ring is 1. The van der Waals surface area contributed by atoms with Crippen molar-refractivity contribution in [1.29, 1.82) is 0 Å². The molecule has 0 fully saturated rings. The van der Waals surface area contributed by atoms with Crippen molar-refractivity contribution in [2.75, 3.05) is 17.7 Å². The third-order valence-electron chi connectivity index (χ3n) is 3.10. The summed E-state index contributed by atoms with van der Waals surface area (Å²) in [5, 5.41) is 0. The lowest BCUT2D eigenvalue weighted by molar-refractivity contribution is 0.503. The van der Waals surface area contributed by atoms with Crippen LogP contribution in [-0.4, -0.2) is 18.1 Å². The molecule has 1 rings (SSSR count). The third-order valence-corrected chi connectivity index (χ3v) is 3.10. The summed E-state index contributed by atoms with van der Waals surface area (Å²) in [6.07, 6.45) is 1.81. The molecule has 1 aromatic heterocycles. The molecular formula is C12H21N3. The van der Waals surface area contributed by atoms with Crippen LogP contribution in [0, 0.1) is 12.8 Å². The Hall–Kier alpha value is -1.25. The molecule has 1 unspecified atom stereocenters. The third kappa shape index (κ3) is 2.41. The first-order valence-electron chi connectivity index (χ1n) is 5.39. The van der Waals surface area contributed by atoms with Crippen molar-refractivity contribution in [2.45, 2.75) is 33.7 Å². The van der Waals surface area contributed by atoms with E-state index in [1.165, 1.54) is 0 Å². The van der Waals surface area contributed by atoms with Crippen LogP contribution in [0.15, 0.2) is 12.3 Å². The Morgan fingerprint density at radius 3 is 2.47 bits per heavy atom. The van der Waals surface area contributed by atoms with Gasteiger partial charge in [0.1, 0.15) is 0 Å². The zero-order valence-electron chi connectivity index (χ0n) is 10.3. The molecule has 0 aliphatic carbocycles. The van der Waals surface area contributed by atoms with E-state index in [0.717, 1.165) is 17.1 Å². The van der Waals surface area contributed by atoms with Crippen LogP contribution in [0.1, 0.15) is 26.3 Å². The van der Waals surface area contributed by atoms with E-state index in [-0.39, 0.29) is 0 Å². The first-order valence-corrected chi connectivity index (χ1v) is 5.39. The van der Waals surface area contributed by atoms with E-state index in [9.17, 15) is 0 Å². The second kappa shape index (κ2) is 4.51. The van der Waals surface area contributed by atoms with E-state index in [1.807, 2.05) is 26.2 Å². The van der Waals surface area contributed by atoms with Crippen molar-refractivity contribution in [3.05, 3.63) is 17.8 Å². The molecule has 0 aromatic carbocycles. The van der Waals surface area contributed by atoms with E-state index >= 15 is 0 Å². The number of hydrogen-bond acceptors (Lipinski definition) is 3. The molecule has 0 spiro atoms. The van der Waals surface area contributed by atoms with Gasteiger partial charge in [-0.2, -0.15) is 0 Å². The fourth-order valence-electron chi connectivity index (χ4n) is 1.48. The lowest BCUT2D eigenvalue weighted by Crippen LogP contribution is -2.34. The summed E-state index contributed by atoms with van der Waals surface area (Å²) in [7, 11) is 2.04. The van der Waals surface area contributed by atoms with Crippen LogP contribution in [0.3, 0.4) is 0 Å². The second-order valence-electron chi connectivity index (χ2n) is 4.46. The van der Waals surface area contributed by atoms with Gasteiger partial charge < -0.3 is 10.6 Å². The standard InChI is InChI=1S/C12H21N3/c1-8(2)10(4)15(5)12-11(13)9(3)6-7-14-12/h6-8,10H,13H2,1-5H3. The van der Waals surface area contributed by atoms with Gasteiger partial charge in [-0.1, -0.05) is 13.8 Å². The van der Waals surface area contributed by atoms with Crippen LogP contribution < -0.4 is 10.6 Å². The molecule has 3 nitrogen and oxygen atoms in total. The average Bonchev–Trinajstić information content (AvgIpc) is 2.20. The molecule has 15 heavy (non-hydrogen) atoms. The Kier molecular flexibility index (Phi) is 3.56. The Labute approximate surface area is 92.3 Å². The highest BCUT2D eigenvalue weighted by Crippen LogP contribution is 2.25. The van der Waals surface area contributed by atoms with E-state index in [2.05, 4.69) is 30.7 Å². The molecule has 2 N–H and O–H groups in total. The van der Waals surface area contributed by atoms with Crippen molar-refractivity contribution in [3.8, 4) is 0 Å². The first-order chi connectivity index (χ1) is 6.95. The summed E-state index contributed by atoms with van der Waals surface area (Å²) < 4.78 is 0. The topological polar surface area (TPSA) is 42.2 Å². The first kappa shape index (κ1) is 11.8. The van der Waals surface area contributed by atoms with Crippen LogP contribution >= 0.6 is 0 Å². The number of nitrogens with zero attached hydrogens (tertiary/aromatic N) is 2. The molecule has 1 heterocycles. The predicted molar refractivity (Wildman–Crippen MR) is 66.1 cm³/mol. The number of aromatic nitrogens is 1. The van der Waals surface area contributed by atoms with Crippen molar-refractivity contribution < 1.29 is 0 Å². The second-order valence-corrected chi connectivity index (χ2v) is 4.46. The minimum atomic E-state index is 0.432. The van der Waals surface area contributed by atoms with E-state index in [0.29, 0.717) is 12.0 Å². The maximum absolute atomic E-state index is 6.02. The molecule has 0 aliphatic heterocycles. The Bertz CT molecular complexity index is 334. The van der Waals surface area contributed by atoms with Crippen molar-refractivity contribution in [3.63, 3.8) is 0 Å². The molecule has 0 radical (unpaired) electrons. The number of pyridine rings is 1. The average molecular weight is 207 g/mol. The van der Waals surface area contributed by atoms with Gasteiger partial charge in [-0.05, 0) is 31.4 Å². The van der Waals surface area contributed by atoms with Gasteiger partial charge in [0.25, 0.3) is 0 Å². The summed E-state index contributed by atoms with van der Waals surface area (Å²) in [6.45, 7) is 8.60. The lowest BCUT2D eigenvalue weighted by Gasteiger charge is -2.30. The number of rotatable bonds is 3. The van der Waals surface area contributed by atoms with Gasteiger partial charge in [0.05, 0.1) is 5.69 Å². The molecule has 1 atom stereocenters.